The summed E-state index contributed by atoms with van der Waals surface area (Å²) in [5.41, 5.74) is 1.37. The topological polar surface area (TPSA) is 43.5 Å². The van der Waals surface area contributed by atoms with E-state index in [0.29, 0.717) is 40.3 Å². The van der Waals surface area contributed by atoms with E-state index in [2.05, 4.69) is 4.98 Å². The fraction of sp³-hybridized carbons (Fsp3) is 0.154. The van der Waals surface area contributed by atoms with E-state index in [1.54, 1.807) is 14.2 Å². The number of ether oxygens (including phenoxy) is 3. The van der Waals surface area contributed by atoms with Gasteiger partial charge in [-0.15, -0.1) is 0 Å². The molecule has 1 aromatic heterocycles. The summed E-state index contributed by atoms with van der Waals surface area (Å²) in [4.78, 5) is 3.14. The highest BCUT2D eigenvalue weighted by atomic mass is 19.4. The van der Waals surface area contributed by atoms with Crippen molar-refractivity contribution in [2.75, 3.05) is 14.2 Å². The first-order valence-electron chi connectivity index (χ1n) is 10.3. The molecule has 0 radical (unpaired) electrons. The van der Waals surface area contributed by atoms with Crippen LogP contribution in [0.1, 0.15) is 11.1 Å². The minimum Gasteiger partial charge on any atom is -0.493 e. The lowest BCUT2D eigenvalue weighted by atomic mass is 10.0. The van der Waals surface area contributed by atoms with Crippen LogP contribution in [-0.2, 0) is 12.8 Å². The van der Waals surface area contributed by atoms with E-state index in [4.69, 9.17) is 14.2 Å². The minimum absolute atomic E-state index is 0.342. The van der Waals surface area contributed by atoms with Gasteiger partial charge in [0.05, 0.1) is 25.3 Å². The molecule has 4 aromatic carbocycles. The van der Waals surface area contributed by atoms with Gasteiger partial charge in [0, 0.05) is 27.7 Å². The maximum absolute atomic E-state index is 13.3. The number of nitrogens with one attached hydrogen (secondary N) is 1. The Kier molecular flexibility index (Phi) is 5.04. The van der Waals surface area contributed by atoms with Crippen LogP contribution in [0.15, 0.2) is 66.7 Å². The van der Waals surface area contributed by atoms with E-state index >= 15 is 0 Å². The van der Waals surface area contributed by atoms with Crippen LogP contribution in [0.2, 0.25) is 0 Å². The average molecular weight is 451 g/mol. The second-order valence-corrected chi connectivity index (χ2v) is 7.71. The molecule has 7 heteroatoms. The summed E-state index contributed by atoms with van der Waals surface area (Å²) in [6.07, 6.45) is -4.42. The Bertz CT molecular complexity index is 1470. The molecule has 1 heterocycles. The molecule has 0 aliphatic heterocycles. The summed E-state index contributed by atoms with van der Waals surface area (Å²) in [5.74, 6) is 1.64. The van der Waals surface area contributed by atoms with Crippen molar-refractivity contribution in [3.8, 4) is 17.2 Å². The maximum Gasteiger partial charge on any atom is 0.416 e. The quantitative estimate of drug-likeness (QED) is 0.310. The number of aromatic nitrogens is 1. The number of H-pyrrole nitrogens is 1. The van der Waals surface area contributed by atoms with Crippen molar-refractivity contribution < 1.29 is 27.4 Å². The SMILES string of the molecule is COc1cc2c(OCc3ccccc3)cc3[nH]c4cc(C(F)(F)F)ccc4c3c2cc1OC. The first kappa shape index (κ1) is 21.0. The van der Waals surface area contributed by atoms with Gasteiger partial charge in [0.1, 0.15) is 12.4 Å². The number of aromatic amines is 1. The predicted molar refractivity (Wildman–Crippen MR) is 122 cm³/mol. The van der Waals surface area contributed by atoms with Gasteiger partial charge < -0.3 is 19.2 Å². The van der Waals surface area contributed by atoms with Gasteiger partial charge in [-0.1, -0.05) is 36.4 Å². The molecule has 0 aliphatic carbocycles. The van der Waals surface area contributed by atoms with Crippen LogP contribution in [0.4, 0.5) is 13.2 Å². The third kappa shape index (κ3) is 3.69. The monoisotopic (exact) mass is 451 g/mol. The third-order valence-corrected chi connectivity index (χ3v) is 5.73. The Balaban J connectivity index is 1.76. The molecule has 0 saturated heterocycles. The van der Waals surface area contributed by atoms with Crippen molar-refractivity contribution in [2.24, 2.45) is 0 Å². The Morgan fingerprint density at radius 3 is 2.09 bits per heavy atom. The molecule has 0 unspecified atom stereocenters. The van der Waals surface area contributed by atoms with Crippen LogP contribution in [-0.4, -0.2) is 19.2 Å². The molecular formula is C26H20F3NO3. The largest absolute Gasteiger partial charge is 0.493 e. The lowest BCUT2D eigenvalue weighted by Crippen LogP contribution is -2.03. The van der Waals surface area contributed by atoms with E-state index in [9.17, 15) is 13.2 Å². The Morgan fingerprint density at radius 1 is 0.727 bits per heavy atom. The second-order valence-electron chi connectivity index (χ2n) is 7.71. The molecular weight excluding hydrogens is 431 g/mol. The number of alkyl halides is 3. The van der Waals surface area contributed by atoms with Gasteiger partial charge in [-0.3, -0.25) is 0 Å². The lowest BCUT2D eigenvalue weighted by Gasteiger charge is -2.14. The number of rotatable bonds is 5. The van der Waals surface area contributed by atoms with Crippen LogP contribution >= 0.6 is 0 Å². The highest BCUT2D eigenvalue weighted by molar-refractivity contribution is 6.22. The van der Waals surface area contributed by atoms with Gasteiger partial charge in [-0.2, -0.15) is 13.2 Å². The normalized spacial score (nSPS) is 11.9. The van der Waals surface area contributed by atoms with Crippen LogP contribution in [0.25, 0.3) is 32.6 Å². The van der Waals surface area contributed by atoms with Crippen molar-refractivity contribution in [3.63, 3.8) is 0 Å². The molecule has 168 valence electrons. The third-order valence-electron chi connectivity index (χ3n) is 5.73. The van der Waals surface area contributed by atoms with E-state index in [1.807, 2.05) is 48.5 Å². The molecule has 0 fully saturated rings. The zero-order valence-corrected chi connectivity index (χ0v) is 17.9. The molecule has 0 aliphatic rings. The highest BCUT2D eigenvalue weighted by Gasteiger charge is 2.31. The van der Waals surface area contributed by atoms with Gasteiger partial charge in [0.25, 0.3) is 0 Å². The number of benzene rings is 4. The van der Waals surface area contributed by atoms with Crippen LogP contribution in [0.5, 0.6) is 17.2 Å². The molecule has 0 saturated carbocycles. The van der Waals surface area contributed by atoms with Gasteiger partial charge in [-0.05, 0) is 35.2 Å². The number of methoxy groups -OCH3 is 2. The molecule has 5 aromatic rings. The summed E-state index contributed by atoms with van der Waals surface area (Å²) in [7, 11) is 3.10. The Labute approximate surface area is 187 Å². The molecule has 0 bridgehead atoms. The molecule has 33 heavy (non-hydrogen) atoms. The average Bonchev–Trinajstić information content (AvgIpc) is 3.19. The molecule has 0 spiro atoms. The van der Waals surface area contributed by atoms with Crippen molar-refractivity contribution in [1.29, 1.82) is 0 Å². The van der Waals surface area contributed by atoms with Crippen LogP contribution in [0.3, 0.4) is 0 Å². The van der Waals surface area contributed by atoms with Crippen molar-refractivity contribution >= 4 is 32.6 Å². The Morgan fingerprint density at radius 2 is 1.42 bits per heavy atom. The molecule has 4 nitrogen and oxygen atoms in total. The first-order valence-corrected chi connectivity index (χ1v) is 10.3. The van der Waals surface area contributed by atoms with Crippen molar-refractivity contribution in [2.45, 2.75) is 12.8 Å². The molecule has 1 N–H and O–H groups in total. The first-order chi connectivity index (χ1) is 15.9. The number of hydrogen-bond acceptors (Lipinski definition) is 3. The summed E-state index contributed by atoms with van der Waals surface area (Å²) in [6.45, 7) is 0.342. The highest BCUT2D eigenvalue weighted by Crippen LogP contribution is 2.43. The fourth-order valence-electron chi connectivity index (χ4n) is 4.15. The van der Waals surface area contributed by atoms with Gasteiger partial charge in [-0.25, -0.2) is 0 Å². The maximum atomic E-state index is 13.3. The van der Waals surface area contributed by atoms with Gasteiger partial charge in [0.2, 0.25) is 0 Å². The van der Waals surface area contributed by atoms with Gasteiger partial charge in [0.15, 0.2) is 11.5 Å². The zero-order valence-electron chi connectivity index (χ0n) is 17.9. The molecule has 0 amide bonds. The number of halogens is 3. The fourth-order valence-corrected chi connectivity index (χ4v) is 4.15. The summed E-state index contributed by atoms with van der Waals surface area (Å²) < 4.78 is 56.9. The zero-order chi connectivity index (χ0) is 23.2. The van der Waals surface area contributed by atoms with Crippen LogP contribution in [0, 0.1) is 0 Å². The number of hydrogen-bond donors (Lipinski definition) is 1. The summed E-state index contributed by atoms with van der Waals surface area (Å²) >= 11 is 0. The number of fused-ring (bicyclic) bond motifs is 5. The standard InChI is InChI=1S/C26H20F3NO3/c1-31-23-11-18-19(12-24(23)32-2)25-17-9-8-16(26(27,28)29)10-20(17)30-21(25)13-22(18)33-14-15-6-4-3-5-7-15/h3-13,30H,14H2,1-2H3. The van der Waals surface area contributed by atoms with E-state index in [1.165, 1.54) is 6.07 Å². The predicted octanol–water partition coefficient (Wildman–Crippen LogP) is 7.09. The van der Waals surface area contributed by atoms with Gasteiger partial charge >= 0.3 is 6.18 Å². The smallest absolute Gasteiger partial charge is 0.416 e. The molecule has 0 atom stereocenters. The van der Waals surface area contributed by atoms with Crippen LogP contribution < -0.4 is 14.2 Å². The van der Waals surface area contributed by atoms with E-state index in [0.717, 1.165) is 33.9 Å². The second kappa shape index (κ2) is 7.92. The summed E-state index contributed by atoms with van der Waals surface area (Å²) in [5, 5.41) is 3.04. The summed E-state index contributed by atoms with van der Waals surface area (Å²) in [6, 6.07) is 18.9. The van der Waals surface area contributed by atoms with E-state index in [-0.39, 0.29) is 0 Å². The van der Waals surface area contributed by atoms with E-state index < -0.39 is 11.7 Å². The van der Waals surface area contributed by atoms with Crippen molar-refractivity contribution in [1.82, 2.24) is 4.98 Å². The minimum atomic E-state index is -4.42. The lowest BCUT2D eigenvalue weighted by molar-refractivity contribution is -0.137. The molecule has 5 rings (SSSR count). The van der Waals surface area contributed by atoms with Crippen molar-refractivity contribution in [3.05, 3.63) is 77.9 Å². The Hall–Kier alpha value is -3.87.